The second kappa shape index (κ2) is 2.37. The van der Waals surface area contributed by atoms with Crippen LogP contribution >= 0.6 is 0 Å². The van der Waals surface area contributed by atoms with Crippen LogP contribution in [-0.4, -0.2) is 0 Å². The summed E-state index contributed by atoms with van der Waals surface area (Å²) in [6, 6.07) is 0. The van der Waals surface area contributed by atoms with Gasteiger partial charge in [-0.15, -0.1) is 0 Å². The van der Waals surface area contributed by atoms with Gasteiger partial charge in [-0.2, -0.15) is 0 Å². The molecule has 0 saturated heterocycles. The molecule has 2 aliphatic carbocycles. The van der Waals surface area contributed by atoms with Crippen molar-refractivity contribution in [3.05, 3.63) is 35.5 Å². The highest BCUT2D eigenvalue weighted by Gasteiger charge is 2.41. The highest BCUT2D eigenvalue weighted by molar-refractivity contribution is 5.48. The molecular weight excluding hydrogens is 156 g/mol. The van der Waals surface area contributed by atoms with Crippen molar-refractivity contribution in [1.29, 1.82) is 0 Å². The zero-order chi connectivity index (χ0) is 9.69. The summed E-state index contributed by atoms with van der Waals surface area (Å²) in [6.45, 7) is 9.24. The van der Waals surface area contributed by atoms with E-state index in [1.165, 1.54) is 12.0 Å². The number of hydrogen-bond donors (Lipinski definition) is 0. The predicted molar refractivity (Wildman–Crippen MR) is 57.5 cm³/mol. The Hall–Kier alpha value is -0.780. The summed E-state index contributed by atoms with van der Waals surface area (Å²) < 4.78 is 0. The summed E-state index contributed by atoms with van der Waals surface area (Å²) >= 11 is 0. The molecule has 2 rings (SSSR count). The van der Waals surface area contributed by atoms with E-state index in [1.807, 2.05) is 0 Å². The van der Waals surface area contributed by atoms with Gasteiger partial charge in [-0.1, -0.05) is 49.3 Å². The van der Waals surface area contributed by atoms with Gasteiger partial charge in [0.25, 0.3) is 0 Å². The maximum Gasteiger partial charge on any atom is 0.0281 e. The van der Waals surface area contributed by atoms with Gasteiger partial charge in [0, 0.05) is 5.41 Å². The maximum atomic E-state index is 2.36. The van der Waals surface area contributed by atoms with Gasteiger partial charge in [0.1, 0.15) is 0 Å². The molecule has 0 aliphatic heterocycles. The van der Waals surface area contributed by atoms with Crippen LogP contribution in [0.4, 0.5) is 0 Å². The minimum absolute atomic E-state index is 0.224. The third-order valence-corrected chi connectivity index (χ3v) is 3.69. The molecule has 0 radical (unpaired) electrons. The first-order valence-corrected chi connectivity index (χ1v) is 5.04. The van der Waals surface area contributed by atoms with Gasteiger partial charge >= 0.3 is 0 Å². The summed E-state index contributed by atoms with van der Waals surface area (Å²) in [6.07, 6.45) is 10.5. The van der Waals surface area contributed by atoms with Crippen LogP contribution in [0.2, 0.25) is 0 Å². The first-order valence-electron chi connectivity index (χ1n) is 5.04. The SMILES string of the molecule is CC1=CC=C2C(C)(C)CC=C[C@@]12C. The van der Waals surface area contributed by atoms with Crippen molar-refractivity contribution in [3.8, 4) is 0 Å². The van der Waals surface area contributed by atoms with E-state index in [2.05, 4.69) is 52.0 Å². The predicted octanol–water partition coefficient (Wildman–Crippen LogP) is 3.87. The Balaban J connectivity index is 2.53. The van der Waals surface area contributed by atoms with Crippen molar-refractivity contribution >= 4 is 0 Å². The molecule has 0 spiro atoms. The van der Waals surface area contributed by atoms with E-state index in [-0.39, 0.29) is 5.41 Å². The lowest BCUT2D eigenvalue weighted by molar-refractivity contribution is 0.362. The molecule has 0 heterocycles. The molecule has 0 N–H and O–H groups in total. The highest BCUT2D eigenvalue weighted by atomic mass is 14.4. The van der Waals surface area contributed by atoms with E-state index < -0.39 is 0 Å². The molecule has 0 aromatic heterocycles. The number of rotatable bonds is 0. The smallest absolute Gasteiger partial charge is 0.0281 e. The van der Waals surface area contributed by atoms with Crippen LogP contribution in [0.3, 0.4) is 0 Å². The van der Waals surface area contributed by atoms with Crippen LogP contribution in [0, 0.1) is 10.8 Å². The van der Waals surface area contributed by atoms with Gasteiger partial charge in [-0.3, -0.25) is 0 Å². The van der Waals surface area contributed by atoms with Crippen LogP contribution in [0.5, 0.6) is 0 Å². The lowest BCUT2D eigenvalue weighted by Gasteiger charge is -2.40. The summed E-state index contributed by atoms with van der Waals surface area (Å²) in [7, 11) is 0. The van der Waals surface area contributed by atoms with Gasteiger partial charge in [0.05, 0.1) is 0 Å². The summed E-state index contributed by atoms with van der Waals surface area (Å²) in [4.78, 5) is 0. The van der Waals surface area contributed by atoms with Crippen LogP contribution in [0.25, 0.3) is 0 Å². The second-order valence-corrected chi connectivity index (χ2v) is 5.12. The minimum Gasteiger partial charge on any atom is -0.0865 e. The van der Waals surface area contributed by atoms with E-state index in [9.17, 15) is 0 Å². The quantitative estimate of drug-likeness (QED) is 0.489. The lowest BCUT2D eigenvalue weighted by atomic mass is 9.63. The topological polar surface area (TPSA) is 0 Å². The standard InChI is InChI=1S/C13H18/c1-10-6-7-11-12(2,3)8-5-9-13(10,11)4/h5-7,9H,8H2,1-4H3/t13-/m0/s1. The van der Waals surface area contributed by atoms with Crippen LogP contribution in [0.1, 0.15) is 34.1 Å². The van der Waals surface area contributed by atoms with E-state index in [1.54, 1.807) is 5.57 Å². The molecule has 0 heteroatoms. The molecular formula is C13H18. The first-order chi connectivity index (χ1) is 5.97. The van der Waals surface area contributed by atoms with Gasteiger partial charge in [0.15, 0.2) is 0 Å². The van der Waals surface area contributed by atoms with Crippen molar-refractivity contribution in [1.82, 2.24) is 0 Å². The van der Waals surface area contributed by atoms with Crippen LogP contribution in [-0.2, 0) is 0 Å². The van der Waals surface area contributed by atoms with Gasteiger partial charge in [0.2, 0.25) is 0 Å². The van der Waals surface area contributed by atoms with Gasteiger partial charge in [-0.05, 0) is 25.7 Å². The summed E-state index contributed by atoms with van der Waals surface area (Å²) in [5, 5.41) is 0. The number of hydrogen-bond acceptors (Lipinski definition) is 0. The number of fused-ring (bicyclic) bond motifs is 1. The van der Waals surface area contributed by atoms with Crippen molar-refractivity contribution in [2.75, 3.05) is 0 Å². The normalized spacial score (nSPS) is 35.4. The van der Waals surface area contributed by atoms with Crippen molar-refractivity contribution in [3.63, 3.8) is 0 Å². The Labute approximate surface area is 81.0 Å². The fourth-order valence-electron chi connectivity index (χ4n) is 2.62. The maximum absolute atomic E-state index is 2.36. The zero-order valence-electron chi connectivity index (χ0n) is 9.02. The molecule has 13 heavy (non-hydrogen) atoms. The molecule has 0 bridgehead atoms. The fourth-order valence-corrected chi connectivity index (χ4v) is 2.62. The molecule has 70 valence electrons. The lowest BCUT2D eigenvalue weighted by Crippen LogP contribution is -2.29. The minimum atomic E-state index is 0.224. The Morgan fingerprint density at radius 2 is 1.85 bits per heavy atom. The third-order valence-electron chi connectivity index (χ3n) is 3.69. The first kappa shape index (κ1) is 8.80. The second-order valence-electron chi connectivity index (χ2n) is 5.12. The monoisotopic (exact) mass is 174 g/mol. The van der Waals surface area contributed by atoms with E-state index >= 15 is 0 Å². The molecule has 1 atom stereocenters. The molecule has 0 aromatic carbocycles. The molecule has 0 amide bonds. The van der Waals surface area contributed by atoms with Crippen molar-refractivity contribution in [2.24, 2.45) is 10.8 Å². The molecule has 0 aromatic rings. The zero-order valence-corrected chi connectivity index (χ0v) is 9.02. The largest absolute Gasteiger partial charge is 0.0865 e. The Bertz CT molecular complexity index is 326. The van der Waals surface area contributed by atoms with Gasteiger partial charge < -0.3 is 0 Å². The summed E-state index contributed by atoms with van der Waals surface area (Å²) in [5.41, 5.74) is 3.63. The van der Waals surface area contributed by atoms with Gasteiger partial charge in [-0.25, -0.2) is 0 Å². The molecule has 0 nitrogen and oxygen atoms in total. The Morgan fingerprint density at radius 3 is 2.46 bits per heavy atom. The Kier molecular flexibility index (Phi) is 1.61. The fraction of sp³-hybridized carbons (Fsp3) is 0.538. The average Bonchev–Trinajstić information content (AvgIpc) is 2.29. The van der Waals surface area contributed by atoms with Crippen LogP contribution < -0.4 is 0 Å². The van der Waals surface area contributed by atoms with Crippen molar-refractivity contribution in [2.45, 2.75) is 34.1 Å². The summed E-state index contributed by atoms with van der Waals surface area (Å²) in [5.74, 6) is 0. The van der Waals surface area contributed by atoms with E-state index in [0.29, 0.717) is 5.41 Å². The van der Waals surface area contributed by atoms with Crippen molar-refractivity contribution < 1.29 is 0 Å². The number of allylic oxidation sites excluding steroid dienone is 6. The highest BCUT2D eigenvalue weighted by Crippen LogP contribution is 2.53. The Morgan fingerprint density at radius 1 is 1.15 bits per heavy atom. The molecule has 0 saturated carbocycles. The molecule has 0 fully saturated rings. The third kappa shape index (κ3) is 1.04. The molecule has 0 unspecified atom stereocenters. The van der Waals surface area contributed by atoms with E-state index in [4.69, 9.17) is 0 Å². The van der Waals surface area contributed by atoms with E-state index in [0.717, 1.165) is 0 Å². The van der Waals surface area contributed by atoms with Crippen LogP contribution in [0.15, 0.2) is 35.5 Å². The molecule has 2 aliphatic rings. The average molecular weight is 174 g/mol.